The van der Waals surface area contributed by atoms with Crippen molar-refractivity contribution in [2.24, 2.45) is 0 Å². The third-order valence-electron chi connectivity index (χ3n) is 2.97. The van der Waals surface area contributed by atoms with E-state index in [0.717, 1.165) is 12.1 Å². The zero-order valence-corrected chi connectivity index (χ0v) is 9.89. The van der Waals surface area contributed by atoms with Gasteiger partial charge in [-0.1, -0.05) is 30.3 Å². The van der Waals surface area contributed by atoms with Crippen LogP contribution in [0.25, 0.3) is 0 Å². The summed E-state index contributed by atoms with van der Waals surface area (Å²) in [5.74, 6) is -0.527. The van der Waals surface area contributed by atoms with Gasteiger partial charge in [0.25, 0.3) is 0 Å². The molecule has 2 rings (SSSR count). The second kappa shape index (κ2) is 5.80. The molecular formula is C13H17NO3. The predicted molar refractivity (Wildman–Crippen MR) is 63.8 cm³/mol. The molecular weight excluding hydrogens is 218 g/mol. The third kappa shape index (κ3) is 2.84. The van der Waals surface area contributed by atoms with Gasteiger partial charge < -0.3 is 14.8 Å². The topological polar surface area (TPSA) is 47.6 Å². The van der Waals surface area contributed by atoms with Crippen LogP contribution < -0.4 is 5.32 Å². The average Bonchev–Trinajstić information content (AvgIpc) is 2.41. The molecule has 1 heterocycles. The Morgan fingerprint density at radius 3 is 2.82 bits per heavy atom. The molecule has 0 aromatic heterocycles. The van der Waals surface area contributed by atoms with Crippen molar-refractivity contribution in [1.82, 2.24) is 5.32 Å². The van der Waals surface area contributed by atoms with Gasteiger partial charge in [0.15, 0.2) is 0 Å². The van der Waals surface area contributed by atoms with Gasteiger partial charge in [-0.05, 0) is 5.56 Å². The normalized spacial score (nSPS) is 21.8. The van der Waals surface area contributed by atoms with E-state index in [1.165, 1.54) is 7.11 Å². The van der Waals surface area contributed by atoms with Crippen molar-refractivity contribution in [3.05, 3.63) is 35.9 Å². The van der Waals surface area contributed by atoms with E-state index in [2.05, 4.69) is 5.32 Å². The number of benzene rings is 1. The summed E-state index contributed by atoms with van der Waals surface area (Å²) >= 11 is 0. The van der Waals surface area contributed by atoms with Gasteiger partial charge in [0.2, 0.25) is 0 Å². The van der Waals surface area contributed by atoms with Crippen molar-refractivity contribution in [2.75, 3.05) is 26.9 Å². The smallest absolute Gasteiger partial charge is 0.314 e. The summed E-state index contributed by atoms with van der Waals surface area (Å²) in [6, 6.07) is 9.65. The molecule has 1 saturated heterocycles. The lowest BCUT2D eigenvalue weighted by molar-refractivity contribution is -0.144. The molecule has 0 radical (unpaired) electrons. The lowest BCUT2D eigenvalue weighted by atomic mass is 9.91. The van der Waals surface area contributed by atoms with E-state index < -0.39 is 0 Å². The quantitative estimate of drug-likeness (QED) is 0.792. The van der Waals surface area contributed by atoms with Gasteiger partial charge in [0, 0.05) is 12.6 Å². The fraction of sp³-hybridized carbons (Fsp3) is 0.462. The highest BCUT2D eigenvalue weighted by Gasteiger charge is 2.31. The summed E-state index contributed by atoms with van der Waals surface area (Å²) in [5, 5.41) is 3.31. The number of methoxy groups -OCH3 is 1. The number of ether oxygens (including phenoxy) is 2. The predicted octanol–water partition coefficient (Wildman–Crippen LogP) is 0.932. The Morgan fingerprint density at radius 2 is 2.24 bits per heavy atom. The fourth-order valence-electron chi connectivity index (χ4n) is 2.12. The molecule has 0 saturated carbocycles. The van der Waals surface area contributed by atoms with Crippen molar-refractivity contribution in [2.45, 2.75) is 12.0 Å². The third-order valence-corrected chi connectivity index (χ3v) is 2.97. The molecule has 0 bridgehead atoms. The summed E-state index contributed by atoms with van der Waals surface area (Å²) in [6.07, 6.45) is 0. The molecule has 1 aliphatic rings. The standard InChI is InChI=1S/C13H17NO3/c1-16-13(15)12(10-5-3-2-4-6-10)11-9-17-8-7-14-11/h2-6,11-12,14H,7-9H2,1H3/t11-,12-/m1/s1. The maximum Gasteiger partial charge on any atom is 0.314 e. The molecule has 17 heavy (non-hydrogen) atoms. The Kier molecular flexibility index (Phi) is 4.12. The molecule has 0 unspecified atom stereocenters. The maximum atomic E-state index is 11.9. The largest absolute Gasteiger partial charge is 0.469 e. The Hall–Kier alpha value is -1.39. The monoisotopic (exact) mass is 235 g/mol. The number of hydrogen-bond donors (Lipinski definition) is 1. The van der Waals surface area contributed by atoms with Gasteiger partial charge in [-0.3, -0.25) is 4.79 Å². The highest BCUT2D eigenvalue weighted by molar-refractivity contribution is 5.79. The first-order valence-electron chi connectivity index (χ1n) is 5.77. The average molecular weight is 235 g/mol. The molecule has 1 N–H and O–H groups in total. The molecule has 0 aliphatic carbocycles. The second-order valence-electron chi connectivity index (χ2n) is 4.05. The number of carbonyl (C=O) groups excluding carboxylic acids is 1. The summed E-state index contributed by atoms with van der Waals surface area (Å²) in [5.41, 5.74) is 0.961. The Labute approximate surface area is 101 Å². The van der Waals surface area contributed by atoms with Crippen LogP contribution in [0.5, 0.6) is 0 Å². The van der Waals surface area contributed by atoms with E-state index in [-0.39, 0.29) is 17.9 Å². The van der Waals surface area contributed by atoms with Crippen LogP contribution in [0.1, 0.15) is 11.5 Å². The highest BCUT2D eigenvalue weighted by Crippen LogP contribution is 2.22. The van der Waals surface area contributed by atoms with Crippen LogP contribution in [0.15, 0.2) is 30.3 Å². The minimum Gasteiger partial charge on any atom is -0.469 e. The molecule has 4 heteroatoms. The van der Waals surface area contributed by atoms with Gasteiger partial charge in [0.1, 0.15) is 0 Å². The Morgan fingerprint density at radius 1 is 1.47 bits per heavy atom. The van der Waals surface area contributed by atoms with E-state index >= 15 is 0 Å². The number of morpholine rings is 1. The first-order chi connectivity index (χ1) is 8.33. The SMILES string of the molecule is COC(=O)[C@H](c1ccccc1)[C@H]1COCCN1. The first-order valence-corrected chi connectivity index (χ1v) is 5.77. The molecule has 92 valence electrons. The van der Waals surface area contributed by atoms with Gasteiger partial charge in [-0.15, -0.1) is 0 Å². The molecule has 4 nitrogen and oxygen atoms in total. The maximum absolute atomic E-state index is 11.9. The molecule has 0 spiro atoms. The van der Waals surface area contributed by atoms with E-state index in [0.29, 0.717) is 13.2 Å². The zero-order valence-electron chi connectivity index (χ0n) is 9.89. The van der Waals surface area contributed by atoms with Crippen LogP contribution in [0, 0.1) is 0 Å². The minimum absolute atomic E-state index is 0.0152. The summed E-state index contributed by atoms with van der Waals surface area (Å²) < 4.78 is 10.3. The molecule has 1 aromatic carbocycles. The number of rotatable bonds is 3. The van der Waals surface area contributed by atoms with Crippen molar-refractivity contribution >= 4 is 5.97 Å². The van der Waals surface area contributed by atoms with Crippen LogP contribution in [0.2, 0.25) is 0 Å². The molecule has 2 atom stereocenters. The molecule has 1 fully saturated rings. The van der Waals surface area contributed by atoms with E-state index in [9.17, 15) is 4.79 Å². The number of carbonyl (C=O) groups is 1. The second-order valence-corrected chi connectivity index (χ2v) is 4.05. The van der Waals surface area contributed by atoms with E-state index in [1.54, 1.807) is 0 Å². The van der Waals surface area contributed by atoms with Crippen LogP contribution >= 0.6 is 0 Å². The lowest BCUT2D eigenvalue weighted by Gasteiger charge is -2.29. The van der Waals surface area contributed by atoms with Crippen molar-refractivity contribution in [3.63, 3.8) is 0 Å². The first kappa shape index (κ1) is 12.1. The fourth-order valence-corrected chi connectivity index (χ4v) is 2.12. The van der Waals surface area contributed by atoms with E-state index in [1.807, 2.05) is 30.3 Å². The van der Waals surface area contributed by atoms with Gasteiger partial charge in [-0.2, -0.15) is 0 Å². The van der Waals surface area contributed by atoms with E-state index in [4.69, 9.17) is 9.47 Å². The number of hydrogen-bond acceptors (Lipinski definition) is 4. The number of esters is 1. The zero-order chi connectivity index (χ0) is 12.1. The summed E-state index contributed by atoms with van der Waals surface area (Å²) in [6.45, 7) is 2.00. The molecule has 1 aromatic rings. The van der Waals surface area contributed by atoms with Crippen LogP contribution in [-0.2, 0) is 14.3 Å². The lowest BCUT2D eigenvalue weighted by Crippen LogP contribution is -2.47. The molecule has 0 amide bonds. The Bertz CT molecular complexity index is 360. The van der Waals surface area contributed by atoms with Gasteiger partial charge in [0.05, 0.1) is 26.2 Å². The highest BCUT2D eigenvalue weighted by atomic mass is 16.5. The molecule has 1 aliphatic heterocycles. The minimum atomic E-state index is -0.304. The van der Waals surface area contributed by atoms with Crippen molar-refractivity contribution < 1.29 is 14.3 Å². The Balaban J connectivity index is 2.21. The number of nitrogens with one attached hydrogen (secondary N) is 1. The van der Waals surface area contributed by atoms with Crippen LogP contribution in [0.3, 0.4) is 0 Å². The van der Waals surface area contributed by atoms with Crippen molar-refractivity contribution in [3.8, 4) is 0 Å². The van der Waals surface area contributed by atoms with Gasteiger partial charge >= 0.3 is 5.97 Å². The summed E-state index contributed by atoms with van der Waals surface area (Å²) in [7, 11) is 1.42. The van der Waals surface area contributed by atoms with Gasteiger partial charge in [-0.25, -0.2) is 0 Å². The summed E-state index contributed by atoms with van der Waals surface area (Å²) in [4.78, 5) is 11.9. The van der Waals surface area contributed by atoms with Crippen LogP contribution in [0.4, 0.5) is 0 Å². The van der Waals surface area contributed by atoms with Crippen molar-refractivity contribution in [1.29, 1.82) is 0 Å². The van der Waals surface area contributed by atoms with Crippen LogP contribution in [-0.4, -0.2) is 38.9 Å².